The molecule has 112 valence electrons. The number of aromatic nitrogens is 3. The molecule has 0 aliphatic rings. The molecule has 2 heterocycles. The van der Waals surface area contributed by atoms with Crippen LogP contribution in [0.5, 0.6) is 0 Å². The molecule has 22 heavy (non-hydrogen) atoms. The van der Waals surface area contributed by atoms with E-state index in [4.69, 9.17) is 16.0 Å². The molecule has 0 bridgehead atoms. The molecule has 0 aliphatic carbocycles. The van der Waals surface area contributed by atoms with Crippen molar-refractivity contribution in [3.05, 3.63) is 65.3 Å². The van der Waals surface area contributed by atoms with Crippen molar-refractivity contribution >= 4 is 11.6 Å². The number of rotatable bonds is 5. The molecule has 0 fully saturated rings. The molecular weight excluding hydrogens is 300 g/mol. The Morgan fingerprint density at radius 1 is 1.18 bits per heavy atom. The second-order valence-corrected chi connectivity index (χ2v) is 5.33. The third-order valence-electron chi connectivity index (χ3n) is 3.30. The number of halogens is 1. The van der Waals surface area contributed by atoms with Crippen LogP contribution in [0.3, 0.4) is 0 Å². The van der Waals surface area contributed by atoms with Crippen molar-refractivity contribution in [1.29, 1.82) is 0 Å². The first kappa shape index (κ1) is 14.7. The highest BCUT2D eigenvalue weighted by atomic mass is 35.5. The summed E-state index contributed by atoms with van der Waals surface area (Å²) in [6.45, 7) is 2.57. The van der Waals surface area contributed by atoms with Gasteiger partial charge < -0.3 is 9.73 Å². The topological polar surface area (TPSA) is 63.8 Å². The summed E-state index contributed by atoms with van der Waals surface area (Å²) < 4.78 is 5.66. The van der Waals surface area contributed by atoms with Crippen molar-refractivity contribution < 1.29 is 4.42 Å². The van der Waals surface area contributed by atoms with Crippen molar-refractivity contribution in [1.82, 2.24) is 20.5 Å². The van der Waals surface area contributed by atoms with Gasteiger partial charge in [0, 0.05) is 29.0 Å². The van der Waals surface area contributed by atoms with Crippen LogP contribution < -0.4 is 5.32 Å². The lowest BCUT2D eigenvalue weighted by atomic mass is 10.1. The molecule has 3 rings (SSSR count). The van der Waals surface area contributed by atoms with E-state index in [9.17, 15) is 0 Å². The quantitative estimate of drug-likeness (QED) is 0.779. The van der Waals surface area contributed by atoms with Crippen LogP contribution in [0, 0.1) is 0 Å². The molecule has 0 spiro atoms. The van der Waals surface area contributed by atoms with E-state index in [1.165, 1.54) is 0 Å². The lowest BCUT2D eigenvalue weighted by Crippen LogP contribution is -2.18. The van der Waals surface area contributed by atoms with Crippen LogP contribution >= 0.6 is 11.6 Å². The predicted molar refractivity (Wildman–Crippen MR) is 84.2 cm³/mol. The molecule has 1 unspecified atom stereocenters. The van der Waals surface area contributed by atoms with E-state index in [0.29, 0.717) is 23.3 Å². The van der Waals surface area contributed by atoms with Gasteiger partial charge in [0.15, 0.2) is 0 Å². The van der Waals surface area contributed by atoms with Crippen LogP contribution in [-0.2, 0) is 6.54 Å². The van der Waals surface area contributed by atoms with Crippen LogP contribution in [0.15, 0.2) is 53.2 Å². The van der Waals surface area contributed by atoms with Gasteiger partial charge in [-0.15, -0.1) is 10.2 Å². The highest BCUT2D eigenvalue weighted by molar-refractivity contribution is 6.30. The van der Waals surface area contributed by atoms with Gasteiger partial charge in [-0.25, -0.2) is 0 Å². The van der Waals surface area contributed by atoms with Crippen molar-refractivity contribution in [3.63, 3.8) is 0 Å². The SMILES string of the molecule is CC(NCc1nnc(-c2cccc(Cl)c2)o1)c1ccncc1. The number of hydrogen-bond donors (Lipinski definition) is 1. The molecule has 6 heteroatoms. The fraction of sp³-hybridized carbons (Fsp3) is 0.188. The van der Waals surface area contributed by atoms with Crippen LogP contribution in [0.25, 0.3) is 11.5 Å². The summed E-state index contributed by atoms with van der Waals surface area (Å²) in [6.07, 6.45) is 3.55. The Labute approximate surface area is 133 Å². The predicted octanol–water partition coefficient (Wildman–Crippen LogP) is 3.64. The first-order chi connectivity index (χ1) is 10.7. The van der Waals surface area contributed by atoms with Crippen LogP contribution in [0.1, 0.15) is 24.4 Å². The van der Waals surface area contributed by atoms with Gasteiger partial charge in [0.2, 0.25) is 11.8 Å². The molecule has 2 aromatic heterocycles. The van der Waals surface area contributed by atoms with Crippen molar-refractivity contribution in [2.45, 2.75) is 19.5 Å². The summed E-state index contributed by atoms with van der Waals surface area (Å²) in [5.41, 5.74) is 1.97. The molecular formula is C16H15ClN4O. The Morgan fingerprint density at radius 2 is 2.00 bits per heavy atom. The maximum Gasteiger partial charge on any atom is 0.247 e. The fourth-order valence-electron chi connectivity index (χ4n) is 2.07. The van der Waals surface area contributed by atoms with E-state index in [1.54, 1.807) is 24.5 Å². The lowest BCUT2D eigenvalue weighted by Gasteiger charge is -2.11. The Hall–Kier alpha value is -2.24. The van der Waals surface area contributed by atoms with Crippen molar-refractivity contribution in [3.8, 4) is 11.5 Å². The zero-order valence-electron chi connectivity index (χ0n) is 12.0. The molecule has 0 radical (unpaired) electrons. The van der Waals surface area contributed by atoms with E-state index in [1.807, 2.05) is 24.3 Å². The van der Waals surface area contributed by atoms with Crippen LogP contribution in [0.4, 0.5) is 0 Å². The van der Waals surface area contributed by atoms with Gasteiger partial charge in [-0.05, 0) is 42.8 Å². The van der Waals surface area contributed by atoms with Crippen LogP contribution in [0.2, 0.25) is 5.02 Å². The number of hydrogen-bond acceptors (Lipinski definition) is 5. The Bertz CT molecular complexity index is 745. The smallest absolute Gasteiger partial charge is 0.247 e. The zero-order valence-corrected chi connectivity index (χ0v) is 12.8. The van der Waals surface area contributed by atoms with E-state index < -0.39 is 0 Å². The molecule has 0 saturated heterocycles. The van der Waals surface area contributed by atoms with Gasteiger partial charge in [0.25, 0.3) is 0 Å². The molecule has 1 aromatic carbocycles. The molecule has 1 atom stereocenters. The summed E-state index contributed by atoms with van der Waals surface area (Å²) in [4.78, 5) is 4.01. The zero-order chi connectivity index (χ0) is 15.4. The lowest BCUT2D eigenvalue weighted by molar-refractivity contribution is 0.454. The van der Waals surface area contributed by atoms with Crippen LogP contribution in [-0.4, -0.2) is 15.2 Å². The Morgan fingerprint density at radius 3 is 2.77 bits per heavy atom. The average Bonchev–Trinajstić information content (AvgIpc) is 3.02. The Kier molecular flexibility index (Phi) is 4.46. The van der Waals surface area contributed by atoms with E-state index >= 15 is 0 Å². The Balaban J connectivity index is 1.65. The maximum absolute atomic E-state index is 5.96. The highest BCUT2D eigenvalue weighted by Crippen LogP contribution is 2.21. The molecule has 0 aliphatic heterocycles. The normalized spacial score (nSPS) is 12.3. The van der Waals surface area contributed by atoms with Gasteiger partial charge in [0.1, 0.15) is 0 Å². The first-order valence-corrected chi connectivity index (χ1v) is 7.32. The summed E-state index contributed by atoms with van der Waals surface area (Å²) in [5.74, 6) is 1.01. The van der Waals surface area contributed by atoms with Gasteiger partial charge in [0.05, 0.1) is 6.54 Å². The molecule has 0 amide bonds. The van der Waals surface area contributed by atoms with Crippen molar-refractivity contribution in [2.75, 3.05) is 0 Å². The molecule has 5 nitrogen and oxygen atoms in total. The number of pyridine rings is 1. The summed E-state index contributed by atoms with van der Waals surface area (Å²) in [6, 6.07) is 11.5. The summed E-state index contributed by atoms with van der Waals surface area (Å²) >= 11 is 5.96. The molecule has 3 aromatic rings. The molecule has 0 saturated carbocycles. The number of nitrogens with one attached hydrogen (secondary N) is 1. The van der Waals surface area contributed by atoms with Gasteiger partial charge in [-0.2, -0.15) is 0 Å². The van der Waals surface area contributed by atoms with Gasteiger partial charge in [-0.3, -0.25) is 4.98 Å². The van der Waals surface area contributed by atoms with Gasteiger partial charge in [-0.1, -0.05) is 17.7 Å². The summed E-state index contributed by atoms with van der Waals surface area (Å²) in [7, 11) is 0. The largest absolute Gasteiger partial charge is 0.419 e. The minimum atomic E-state index is 0.171. The minimum Gasteiger partial charge on any atom is -0.419 e. The van der Waals surface area contributed by atoms with Crippen molar-refractivity contribution in [2.24, 2.45) is 0 Å². The number of nitrogens with zero attached hydrogens (tertiary/aromatic N) is 3. The second-order valence-electron chi connectivity index (χ2n) is 4.89. The molecule has 1 N–H and O–H groups in total. The first-order valence-electron chi connectivity index (χ1n) is 6.94. The second kappa shape index (κ2) is 6.68. The summed E-state index contributed by atoms with van der Waals surface area (Å²) in [5, 5.41) is 12.1. The van der Waals surface area contributed by atoms with E-state index in [-0.39, 0.29) is 6.04 Å². The van der Waals surface area contributed by atoms with E-state index in [2.05, 4.69) is 27.4 Å². The van der Waals surface area contributed by atoms with E-state index in [0.717, 1.165) is 11.1 Å². The third-order valence-corrected chi connectivity index (χ3v) is 3.54. The van der Waals surface area contributed by atoms with Gasteiger partial charge >= 0.3 is 0 Å². The monoisotopic (exact) mass is 314 g/mol. The fourth-order valence-corrected chi connectivity index (χ4v) is 2.26. The average molecular weight is 315 g/mol. The minimum absolute atomic E-state index is 0.171. The standard InChI is InChI=1S/C16H15ClN4O/c1-11(12-5-7-18-8-6-12)19-10-15-20-21-16(22-15)13-3-2-4-14(17)9-13/h2-9,11,19H,10H2,1H3. The highest BCUT2D eigenvalue weighted by Gasteiger charge is 2.10. The number of benzene rings is 1. The third kappa shape index (κ3) is 3.50. The maximum atomic E-state index is 5.96.